The molecule has 0 heterocycles. The SMILES string of the molecule is C=CC(C)NC=C(Cl)c1ccccc1. The summed E-state index contributed by atoms with van der Waals surface area (Å²) in [5.41, 5.74) is 1.01. The molecule has 0 radical (unpaired) electrons. The molecule has 0 aromatic heterocycles. The molecule has 14 heavy (non-hydrogen) atoms. The van der Waals surface area contributed by atoms with E-state index < -0.39 is 0 Å². The summed E-state index contributed by atoms with van der Waals surface area (Å²) in [6, 6.07) is 10.1. The van der Waals surface area contributed by atoms with Crippen molar-refractivity contribution in [3.8, 4) is 0 Å². The van der Waals surface area contributed by atoms with Crippen LogP contribution in [0.4, 0.5) is 0 Å². The molecule has 0 spiro atoms. The summed E-state index contributed by atoms with van der Waals surface area (Å²) in [7, 11) is 0. The maximum Gasteiger partial charge on any atom is 0.0635 e. The van der Waals surface area contributed by atoms with Crippen molar-refractivity contribution >= 4 is 16.6 Å². The topological polar surface area (TPSA) is 12.0 Å². The zero-order chi connectivity index (χ0) is 10.4. The van der Waals surface area contributed by atoms with Gasteiger partial charge in [-0.25, -0.2) is 0 Å². The fraction of sp³-hybridized carbons (Fsp3) is 0.167. The van der Waals surface area contributed by atoms with Gasteiger partial charge in [-0.05, 0) is 12.5 Å². The minimum Gasteiger partial charge on any atom is -0.384 e. The van der Waals surface area contributed by atoms with Crippen LogP contribution in [0.2, 0.25) is 0 Å². The van der Waals surface area contributed by atoms with Crippen molar-refractivity contribution in [3.63, 3.8) is 0 Å². The Kier molecular flexibility index (Phi) is 4.27. The van der Waals surface area contributed by atoms with Gasteiger partial charge in [0.1, 0.15) is 0 Å². The van der Waals surface area contributed by atoms with E-state index >= 15 is 0 Å². The van der Waals surface area contributed by atoms with Crippen LogP contribution in [-0.2, 0) is 0 Å². The Balaban J connectivity index is 2.66. The molecule has 1 rings (SSSR count). The second kappa shape index (κ2) is 5.51. The molecule has 1 nitrogen and oxygen atoms in total. The van der Waals surface area contributed by atoms with Crippen LogP contribution in [0.15, 0.2) is 49.2 Å². The average Bonchev–Trinajstić information content (AvgIpc) is 2.26. The molecule has 0 amide bonds. The second-order valence-corrected chi connectivity index (χ2v) is 3.46. The van der Waals surface area contributed by atoms with Gasteiger partial charge in [0, 0.05) is 12.2 Å². The summed E-state index contributed by atoms with van der Waals surface area (Å²) >= 11 is 6.07. The Morgan fingerprint density at radius 2 is 2.07 bits per heavy atom. The molecule has 1 aromatic carbocycles. The molecule has 0 saturated carbocycles. The van der Waals surface area contributed by atoms with Crippen molar-refractivity contribution in [2.24, 2.45) is 0 Å². The zero-order valence-electron chi connectivity index (χ0n) is 8.20. The minimum atomic E-state index is 0.229. The summed E-state index contributed by atoms with van der Waals surface area (Å²) in [6.07, 6.45) is 3.62. The van der Waals surface area contributed by atoms with Crippen molar-refractivity contribution in [3.05, 3.63) is 54.8 Å². The molecule has 1 atom stereocenters. The Labute approximate surface area is 90.1 Å². The van der Waals surface area contributed by atoms with E-state index in [0.717, 1.165) is 5.56 Å². The van der Waals surface area contributed by atoms with E-state index in [1.54, 1.807) is 6.20 Å². The third-order valence-electron chi connectivity index (χ3n) is 1.88. The standard InChI is InChI=1S/C12H14ClN/c1-3-10(2)14-9-12(13)11-7-5-4-6-8-11/h3-10,14H,1H2,2H3. The zero-order valence-corrected chi connectivity index (χ0v) is 8.96. The van der Waals surface area contributed by atoms with Gasteiger partial charge in [0.05, 0.1) is 5.03 Å². The molecule has 0 fully saturated rings. The number of halogens is 1. The Morgan fingerprint density at radius 1 is 1.43 bits per heavy atom. The number of rotatable bonds is 4. The number of hydrogen-bond donors (Lipinski definition) is 1. The lowest BCUT2D eigenvalue weighted by atomic mass is 10.2. The molecule has 1 aromatic rings. The van der Waals surface area contributed by atoms with Crippen molar-refractivity contribution in [1.82, 2.24) is 5.32 Å². The highest BCUT2D eigenvalue weighted by Gasteiger charge is 1.96. The monoisotopic (exact) mass is 207 g/mol. The maximum atomic E-state index is 6.07. The highest BCUT2D eigenvalue weighted by molar-refractivity contribution is 6.48. The van der Waals surface area contributed by atoms with Crippen LogP contribution in [0, 0.1) is 0 Å². The van der Waals surface area contributed by atoms with Crippen LogP contribution >= 0.6 is 11.6 Å². The average molecular weight is 208 g/mol. The van der Waals surface area contributed by atoms with Gasteiger partial charge in [-0.1, -0.05) is 48.0 Å². The highest BCUT2D eigenvalue weighted by Crippen LogP contribution is 2.16. The van der Waals surface area contributed by atoms with Crippen LogP contribution < -0.4 is 5.32 Å². The summed E-state index contributed by atoms with van der Waals surface area (Å²) in [6.45, 7) is 5.69. The molecule has 0 aliphatic carbocycles. The Bertz CT molecular complexity index is 316. The third-order valence-corrected chi connectivity index (χ3v) is 2.20. The molecule has 0 saturated heterocycles. The number of benzene rings is 1. The number of hydrogen-bond acceptors (Lipinski definition) is 1. The van der Waals surface area contributed by atoms with Gasteiger partial charge >= 0.3 is 0 Å². The van der Waals surface area contributed by atoms with Gasteiger partial charge in [-0.3, -0.25) is 0 Å². The third kappa shape index (κ3) is 3.27. The van der Waals surface area contributed by atoms with E-state index in [1.807, 2.05) is 43.3 Å². The van der Waals surface area contributed by atoms with Crippen molar-refractivity contribution in [2.75, 3.05) is 0 Å². The Morgan fingerprint density at radius 3 is 2.64 bits per heavy atom. The highest BCUT2D eigenvalue weighted by atomic mass is 35.5. The first-order valence-corrected chi connectivity index (χ1v) is 4.91. The fourth-order valence-electron chi connectivity index (χ4n) is 0.953. The lowest BCUT2D eigenvalue weighted by Gasteiger charge is -2.06. The number of nitrogens with one attached hydrogen (secondary N) is 1. The largest absolute Gasteiger partial charge is 0.384 e. The molecule has 1 N–H and O–H groups in total. The smallest absolute Gasteiger partial charge is 0.0635 e. The predicted octanol–water partition coefficient (Wildman–Crippen LogP) is 3.39. The van der Waals surface area contributed by atoms with Gasteiger partial charge in [-0.15, -0.1) is 6.58 Å². The van der Waals surface area contributed by atoms with E-state index in [-0.39, 0.29) is 6.04 Å². The molecule has 2 heteroatoms. The van der Waals surface area contributed by atoms with Crippen LogP contribution in [0.3, 0.4) is 0 Å². The first-order valence-electron chi connectivity index (χ1n) is 4.53. The van der Waals surface area contributed by atoms with Crippen LogP contribution in [0.25, 0.3) is 5.03 Å². The van der Waals surface area contributed by atoms with Crippen LogP contribution in [0.1, 0.15) is 12.5 Å². The fourth-order valence-corrected chi connectivity index (χ4v) is 1.14. The van der Waals surface area contributed by atoms with Gasteiger partial charge in [0.25, 0.3) is 0 Å². The molecular formula is C12H14ClN. The Hall–Kier alpha value is -1.21. The van der Waals surface area contributed by atoms with Gasteiger partial charge in [0.2, 0.25) is 0 Å². The molecule has 0 bridgehead atoms. The molecule has 0 aliphatic rings. The summed E-state index contributed by atoms with van der Waals surface area (Å²) in [4.78, 5) is 0. The lowest BCUT2D eigenvalue weighted by molar-refractivity contribution is 0.774. The van der Waals surface area contributed by atoms with Gasteiger partial charge in [0.15, 0.2) is 0 Å². The lowest BCUT2D eigenvalue weighted by Crippen LogP contribution is -2.16. The first-order chi connectivity index (χ1) is 6.74. The van der Waals surface area contributed by atoms with Crippen molar-refractivity contribution in [1.29, 1.82) is 0 Å². The van der Waals surface area contributed by atoms with Gasteiger partial charge in [-0.2, -0.15) is 0 Å². The van der Waals surface area contributed by atoms with Crippen molar-refractivity contribution < 1.29 is 0 Å². The normalized spacial score (nSPS) is 13.4. The van der Waals surface area contributed by atoms with Gasteiger partial charge < -0.3 is 5.32 Å². The van der Waals surface area contributed by atoms with Crippen molar-refractivity contribution in [2.45, 2.75) is 13.0 Å². The van der Waals surface area contributed by atoms with Crippen LogP contribution in [0.5, 0.6) is 0 Å². The molecule has 0 aliphatic heterocycles. The van der Waals surface area contributed by atoms with E-state index in [4.69, 9.17) is 11.6 Å². The maximum absolute atomic E-state index is 6.07. The van der Waals surface area contributed by atoms with E-state index in [1.165, 1.54) is 0 Å². The summed E-state index contributed by atoms with van der Waals surface area (Å²) in [5, 5.41) is 3.83. The summed E-state index contributed by atoms with van der Waals surface area (Å²) < 4.78 is 0. The van der Waals surface area contributed by atoms with Crippen LogP contribution in [-0.4, -0.2) is 6.04 Å². The molecule has 74 valence electrons. The second-order valence-electron chi connectivity index (χ2n) is 3.05. The predicted molar refractivity (Wildman–Crippen MR) is 63.1 cm³/mol. The van der Waals surface area contributed by atoms with E-state index in [2.05, 4.69) is 11.9 Å². The van der Waals surface area contributed by atoms with E-state index in [9.17, 15) is 0 Å². The quantitative estimate of drug-likeness (QED) is 0.747. The van der Waals surface area contributed by atoms with E-state index in [0.29, 0.717) is 5.03 Å². The molecular weight excluding hydrogens is 194 g/mol. The molecule has 1 unspecified atom stereocenters. The summed E-state index contributed by atoms with van der Waals surface area (Å²) in [5.74, 6) is 0. The first kappa shape index (κ1) is 10.9. The minimum absolute atomic E-state index is 0.229.